The Bertz CT molecular complexity index is 423. The van der Waals surface area contributed by atoms with Gasteiger partial charge in [-0.1, -0.05) is 17.7 Å². The third kappa shape index (κ3) is 3.28. The molecule has 19 heavy (non-hydrogen) atoms. The number of nitrogens with zero attached hydrogens (tertiary/aromatic N) is 1. The number of piperazine rings is 1. The summed E-state index contributed by atoms with van der Waals surface area (Å²) in [6, 6.07) is 6.61. The molecule has 1 N–H and O–H groups in total. The van der Waals surface area contributed by atoms with Crippen LogP contribution in [0.4, 0.5) is 0 Å². The molecule has 104 valence electrons. The molecule has 0 radical (unpaired) electrons. The lowest BCUT2D eigenvalue weighted by atomic mass is 9.96. The van der Waals surface area contributed by atoms with Crippen molar-refractivity contribution in [1.29, 1.82) is 0 Å². The highest BCUT2D eigenvalue weighted by molar-refractivity contribution is 5.37. The Morgan fingerprint density at radius 3 is 2.74 bits per heavy atom. The zero-order valence-electron chi connectivity index (χ0n) is 11.8. The molecule has 0 atom stereocenters. The van der Waals surface area contributed by atoms with Crippen molar-refractivity contribution in [3.63, 3.8) is 0 Å². The molecule has 0 unspecified atom stereocenters. The van der Waals surface area contributed by atoms with Crippen molar-refractivity contribution < 1.29 is 4.74 Å². The van der Waals surface area contributed by atoms with E-state index in [1.165, 1.54) is 30.4 Å². The first-order chi connectivity index (χ1) is 9.31. The van der Waals surface area contributed by atoms with E-state index in [1.807, 2.05) is 0 Å². The summed E-state index contributed by atoms with van der Waals surface area (Å²) in [4.78, 5) is 2.51. The van der Waals surface area contributed by atoms with Crippen LogP contribution in [0.5, 0.6) is 5.75 Å². The van der Waals surface area contributed by atoms with Crippen LogP contribution in [0.1, 0.15) is 30.4 Å². The molecule has 1 aromatic carbocycles. The summed E-state index contributed by atoms with van der Waals surface area (Å²) in [5.41, 5.74) is 2.68. The van der Waals surface area contributed by atoms with Gasteiger partial charge in [0, 0.05) is 38.3 Å². The van der Waals surface area contributed by atoms with Crippen molar-refractivity contribution in [3.8, 4) is 5.75 Å². The second kappa shape index (κ2) is 5.93. The van der Waals surface area contributed by atoms with Crippen LogP contribution in [0.3, 0.4) is 0 Å². The number of aryl methyl sites for hydroxylation is 1. The highest BCUT2D eigenvalue weighted by Gasteiger charge is 2.21. The van der Waals surface area contributed by atoms with Crippen LogP contribution in [-0.4, -0.2) is 37.2 Å². The van der Waals surface area contributed by atoms with Crippen molar-refractivity contribution >= 4 is 0 Å². The van der Waals surface area contributed by atoms with E-state index in [1.54, 1.807) is 0 Å². The number of rotatable bonds is 4. The lowest BCUT2D eigenvalue weighted by Crippen LogP contribution is -2.43. The molecule has 3 nitrogen and oxygen atoms in total. The normalized spacial score (nSPS) is 21.1. The van der Waals surface area contributed by atoms with Gasteiger partial charge in [0.25, 0.3) is 0 Å². The predicted octanol–water partition coefficient (Wildman–Crippen LogP) is 2.33. The molecule has 2 fully saturated rings. The molecule has 0 aromatic heterocycles. The predicted molar refractivity (Wildman–Crippen MR) is 77.6 cm³/mol. The SMILES string of the molecule is Cc1ccc(OC2CCC2)c(CN2CCNCC2)c1. The average Bonchev–Trinajstić information content (AvgIpc) is 2.37. The van der Waals surface area contributed by atoms with Gasteiger partial charge < -0.3 is 10.1 Å². The van der Waals surface area contributed by atoms with Crippen molar-refractivity contribution in [3.05, 3.63) is 29.3 Å². The van der Waals surface area contributed by atoms with Gasteiger partial charge in [-0.3, -0.25) is 4.90 Å². The standard InChI is InChI=1S/C16H24N2O/c1-13-5-6-16(19-15-3-2-4-15)14(11-13)12-18-9-7-17-8-10-18/h5-6,11,15,17H,2-4,7-10,12H2,1H3. The van der Waals surface area contributed by atoms with Gasteiger partial charge in [-0.25, -0.2) is 0 Å². The molecule has 0 amide bonds. The highest BCUT2D eigenvalue weighted by atomic mass is 16.5. The van der Waals surface area contributed by atoms with E-state index >= 15 is 0 Å². The first-order valence-corrected chi connectivity index (χ1v) is 7.50. The summed E-state index contributed by atoms with van der Waals surface area (Å²) in [7, 11) is 0. The van der Waals surface area contributed by atoms with Gasteiger partial charge in [-0.15, -0.1) is 0 Å². The number of hydrogen-bond acceptors (Lipinski definition) is 3. The molecular formula is C16H24N2O. The summed E-state index contributed by atoms with van der Waals surface area (Å²) in [6.07, 6.45) is 4.23. The Kier molecular flexibility index (Phi) is 4.04. The topological polar surface area (TPSA) is 24.5 Å². The fourth-order valence-corrected chi connectivity index (χ4v) is 2.73. The van der Waals surface area contributed by atoms with Crippen LogP contribution in [0, 0.1) is 6.92 Å². The number of hydrogen-bond donors (Lipinski definition) is 1. The maximum absolute atomic E-state index is 6.14. The fourth-order valence-electron chi connectivity index (χ4n) is 2.73. The second-order valence-electron chi connectivity index (χ2n) is 5.81. The first-order valence-electron chi connectivity index (χ1n) is 7.50. The van der Waals surface area contributed by atoms with Crippen LogP contribution in [-0.2, 0) is 6.54 Å². The Balaban J connectivity index is 1.71. The van der Waals surface area contributed by atoms with Crippen LogP contribution in [0.25, 0.3) is 0 Å². The first kappa shape index (κ1) is 12.9. The smallest absolute Gasteiger partial charge is 0.124 e. The van der Waals surface area contributed by atoms with E-state index in [0.717, 1.165) is 38.5 Å². The third-order valence-corrected chi connectivity index (χ3v) is 4.17. The van der Waals surface area contributed by atoms with Crippen LogP contribution < -0.4 is 10.1 Å². The molecule has 3 heteroatoms. The molecule has 1 aliphatic carbocycles. The van der Waals surface area contributed by atoms with Crippen molar-refractivity contribution in [2.45, 2.75) is 38.8 Å². The van der Waals surface area contributed by atoms with Crippen molar-refractivity contribution in [2.75, 3.05) is 26.2 Å². The summed E-state index contributed by atoms with van der Waals surface area (Å²) >= 11 is 0. The monoisotopic (exact) mass is 260 g/mol. The molecule has 0 bridgehead atoms. The number of nitrogens with one attached hydrogen (secondary N) is 1. The minimum absolute atomic E-state index is 0.462. The minimum atomic E-state index is 0.462. The lowest BCUT2D eigenvalue weighted by Gasteiger charge is -2.30. The summed E-state index contributed by atoms with van der Waals surface area (Å²) in [5, 5.41) is 3.40. The van der Waals surface area contributed by atoms with Crippen LogP contribution >= 0.6 is 0 Å². The van der Waals surface area contributed by atoms with Crippen LogP contribution in [0.2, 0.25) is 0 Å². The van der Waals surface area contributed by atoms with E-state index < -0.39 is 0 Å². The Hall–Kier alpha value is -1.06. The van der Waals surface area contributed by atoms with Gasteiger partial charge in [0.2, 0.25) is 0 Å². The quantitative estimate of drug-likeness (QED) is 0.899. The molecule has 1 aliphatic heterocycles. The Morgan fingerprint density at radius 2 is 2.05 bits per heavy atom. The molecule has 1 aromatic rings. The minimum Gasteiger partial charge on any atom is -0.490 e. The van der Waals surface area contributed by atoms with Crippen LogP contribution in [0.15, 0.2) is 18.2 Å². The third-order valence-electron chi connectivity index (χ3n) is 4.17. The lowest BCUT2D eigenvalue weighted by molar-refractivity contribution is 0.117. The molecule has 3 rings (SSSR count). The van der Waals surface area contributed by atoms with Crippen molar-refractivity contribution in [2.24, 2.45) is 0 Å². The average molecular weight is 260 g/mol. The molecule has 2 aliphatic rings. The molecule has 0 spiro atoms. The van der Waals surface area contributed by atoms with E-state index in [-0.39, 0.29) is 0 Å². The maximum atomic E-state index is 6.14. The number of ether oxygens (including phenoxy) is 1. The summed E-state index contributed by atoms with van der Waals surface area (Å²) in [5.74, 6) is 1.11. The van der Waals surface area contributed by atoms with Crippen molar-refractivity contribution in [1.82, 2.24) is 10.2 Å². The van der Waals surface area contributed by atoms with E-state index in [2.05, 4.69) is 35.3 Å². The van der Waals surface area contributed by atoms with Gasteiger partial charge in [-0.2, -0.15) is 0 Å². The fraction of sp³-hybridized carbons (Fsp3) is 0.625. The summed E-state index contributed by atoms with van der Waals surface area (Å²) in [6.45, 7) is 7.66. The second-order valence-corrected chi connectivity index (χ2v) is 5.81. The summed E-state index contributed by atoms with van der Waals surface area (Å²) < 4.78 is 6.14. The van der Waals surface area contributed by atoms with E-state index in [9.17, 15) is 0 Å². The van der Waals surface area contributed by atoms with Gasteiger partial charge in [0.05, 0.1) is 6.10 Å². The molecule has 1 saturated heterocycles. The largest absolute Gasteiger partial charge is 0.490 e. The molecule has 1 saturated carbocycles. The number of benzene rings is 1. The Morgan fingerprint density at radius 1 is 1.26 bits per heavy atom. The Labute approximate surface area is 115 Å². The molecule has 1 heterocycles. The van der Waals surface area contributed by atoms with E-state index in [0.29, 0.717) is 6.10 Å². The van der Waals surface area contributed by atoms with Gasteiger partial charge in [-0.05, 0) is 32.3 Å². The van der Waals surface area contributed by atoms with Gasteiger partial charge >= 0.3 is 0 Å². The highest BCUT2D eigenvalue weighted by Crippen LogP contribution is 2.29. The van der Waals surface area contributed by atoms with Gasteiger partial charge in [0.15, 0.2) is 0 Å². The zero-order valence-corrected chi connectivity index (χ0v) is 11.8. The van der Waals surface area contributed by atoms with Gasteiger partial charge in [0.1, 0.15) is 5.75 Å². The maximum Gasteiger partial charge on any atom is 0.124 e. The zero-order chi connectivity index (χ0) is 13.1. The molecular weight excluding hydrogens is 236 g/mol. The van der Waals surface area contributed by atoms with E-state index in [4.69, 9.17) is 4.74 Å².